The van der Waals surface area contributed by atoms with E-state index in [1.54, 1.807) is 6.92 Å². The molecule has 0 radical (unpaired) electrons. The molecule has 116 valence electrons. The van der Waals surface area contributed by atoms with Crippen molar-refractivity contribution >= 4 is 5.91 Å². The first-order chi connectivity index (χ1) is 10.5. The Hall–Kier alpha value is -2.43. The average molecular weight is 299 g/mol. The molecule has 5 heteroatoms. The topological polar surface area (TPSA) is 64.0 Å². The third kappa shape index (κ3) is 3.81. The lowest BCUT2D eigenvalue weighted by molar-refractivity contribution is -0.120. The molecule has 5 nitrogen and oxygen atoms in total. The maximum absolute atomic E-state index is 12.0. The van der Waals surface area contributed by atoms with Crippen molar-refractivity contribution in [3.8, 4) is 0 Å². The summed E-state index contributed by atoms with van der Waals surface area (Å²) in [5.74, 6) is -0.0425. The van der Waals surface area contributed by atoms with Crippen LogP contribution in [0.4, 0.5) is 0 Å². The number of carbonyl (C=O) groups excluding carboxylic acids is 1. The molecule has 2 rings (SSSR count). The van der Waals surface area contributed by atoms with Gasteiger partial charge in [-0.15, -0.1) is 0 Å². The zero-order valence-electron chi connectivity index (χ0n) is 13.2. The predicted octanol–water partition coefficient (Wildman–Crippen LogP) is 1.53. The number of hydrogen-bond acceptors (Lipinski definition) is 3. The molecule has 0 unspecified atom stereocenters. The van der Waals surface area contributed by atoms with Crippen LogP contribution in [0, 0.1) is 20.8 Å². The normalized spacial score (nSPS) is 10.5. The van der Waals surface area contributed by atoms with E-state index in [1.807, 2.05) is 38.1 Å². The average Bonchev–Trinajstić information content (AvgIpc) is 2.50. The van der Waals surface area contributed by atoms with Gasteiger partial charge in [-0.2, -0.15) is 0 Å². The Labute approximate surface area is 130 Å². The number of carbonyl (C=O) groups is 1. The van der Waals surface area contributed by atoms with E-state index in [0.717, 1.165) is 16.8 Å². The van der Waals surface area contributed by atoms with Crippen LogP contribution in [0.3, 0.4) is 0 Å². The first-order valence-electron chi connectivity index (χ1n) is 7.33. The third-order valence-electron chi connectivity index (χ3n) is 3.80. The molecule has 0 bridgehead atoms. The van der Waals surface area contributed by atoms with Crippen LogP contribution in [0.15, 0.2) is 35.4 Å². The second kappa shape index (κ2) is 7.02. The van der Waals surface area contributed by atoms with Gasteiger partial charge in [0.1, 0.15) is 0 Å². The van der Waals surface area contributed by atoms with Crippen LogP contribution in [-0.2, 0) is 17.8 Å². The highest BCUT2D eigenvalue weighted by molar-refractivity contribution is 5.78. The quantitative estimate of drug-likeness (QED) is 0.910. The maximum atomic E-state index is 12.0. The van der Waals surface area contributed by atoms with Crippen molar-refractivity contribution in [3.63, 3.8) is 0 Å². The van der Waals surface area contributed by atoms with Gasteiger partial charge in [0, 0.05) is 24.3 Å². The van der Waals surface area contributed by atoms with Crippen molar-refractivity contribution in [1.29, 1.82) is 0 Å². The van der Waals surface area contributed by atoms with E-state index >= 15 is 0 Å². The summed E-state index contributed by atoms with van der Waals surface area (Å²) in [5, 5.41) is 2.84. The number of aromatic nitrogens is 2. The lowest BCUT2D eigenvalue weighted by Crippen LogP contribution is -2.32. The molecule has 22 heavy (non-hydrogen) atoms. The Kier molecular flexibility index (Phi) is 5.09. The van der Waals surface area contributed by atoms with Crippen molar-refractivity contribution in [2.24, 2.45) is 0 Å². The zero-order chi connectivity index (χ0) is 16.1. The molecular weight excluding hydrogens is 278 g/mol. The second-order valence-electron chi connectivity index (χ2n) is 5.41. The van der Waals surface area contributed by atoms with E-state index in [2.05, 4.69) is 10.3 Å². The summed E-state index contributed by atoms with van der Waals surface area (Å²) >= 11 is 0. The molecule has 0 aliphatic rings. The minimum atomic E-state index is -0.0550. The van der Waals surface area contributed by atoms with Crippen molar-refractivity contribution < 1.29 is 4.79 Å². The van der Waals surface area contributed by atoms with Crippen LogP contribution in [0.2, 0.25) is 0 Å². The van der Waals surface area contributed by atoms with Crippen molar-refractivity contribution in [1.82, 2.24) is 14.9 Å². The summed E-state index contributed by atoms with van der Waals surface area (Å²) in [7, 11) is 0. The van der Waals surface area contributed by atoms with E-state index in [0.29, 0.717) is 25.1 Å². The fraction of sp³-hybridized carbons (Fsp3) is 0.353. The summed E-state index contributed by atoms with van der Waals surface area (Å²) in [6.07, 6.45) is 1.88. The molecule has 1 amide bonds. The van der Waals surface area contributed by atoms with Crippen LogP contribution >= 0.6 is 0 Å². The van der Waals surface area contributed by atoms with Gasteiger partial charge in [-0.25, -0.2) is 4.98 Å². The molecule has 1 aromatic heterocycles. The molecule has 1 N–H and O–H groups in total. The molecule has 0 saturated carbocycles. The Morgan fingerprint density at radius 1 is 1.23 bits per heavy atom. The van der Waals surface area contributed by atoms with Crippen LogP contribution in [0.5, 0.6) is 0 Å². The Morgan fingerprint density at radius 3 is 2.68 bits per heavy atom. The third-order valence-corrected chi connectivity index (χ3v) is 3.80. The van der Waals surface area contributed by atoms with E-state index in [-0.39, 0.29) is 11.5 Å². The van der Waals surface area contributed by atoms with Crippen molar-refractivity contribution in [2.45, 2.75) is 33.7 Å². The van der Waals surface area contributed by atoms with Gasteiger partial charge in [-0.3, -0.25) is 14.2 Å². The molecule has 0 aliphatic heterocycles. The van der Waals surface area contributed by atoms with Crippen LogP contribution in [0.1, 0.15) is 22.4 Å². The number of nitrogens with one attached hydrogen (secondary N) is 1. The first kappa shape index (κ1) is 15.9. The van der Waals surface area contributed by atoms with Gasteiger partial charge >= 0.3 is 0 Å². The minimum absolute atomic E-state index is 0.0425. The number of hydrogen-bond donors (Lipinski definition) is 1. The van der Waals surface area contributed by atoms with Gasteiger partial charge in [0.2, 0.25) is 5.91 Å². The van der Waals surface area contributed by atoms with E-state index in [9.17, 15) is 9.59 Å². The molecular formula is C17H21N3O2. The monoisotopic (exact) mass is 299 g/mol. The Morgan fingerprint density at radius 2 is 1.95 bits per heavy atom. The lowest BCUT2D eigenvalue weighted by atomic mass is 10.1. The van der Waals surface area contributed by atoms with Gasteiger partial charge < -0.3 is 5.32 Å². The predicted molar refractivity (Wildman–Crippen MR) is 85.9 cm³/mol. The number of amides is 1. The SMILES string of the molecule is Cc1ccccc1CC(=O)NCCn1cnc(C)c(C)c1=O. The van der Waals surface area contributed by atoms with Gasteiger partial charge in [0.15, 0.2) is 0 Å². The van der Waals surface area contributed by atoms with Gasteiger partial charge in [0.25, 0.3) is 5.56 Å². The van der Waals surface area contributed by atoms with Crippen LogP contribution in [-0.4, -0.2) is 22.0 Å². The standard InChI is InChI=1S/C17H21N3O2/c1-12-6-4-5-7-15(12)10-16(21)18-8-9-20-11-19-14(3)13(2)17(20)22/h4-7,11H,8-10H2,1-3H3,(H,18,21). The molecule has 0 atom stereocenters. The second-order valence-corrected chi connectivity index (χ2v) is 5.41. The largest absolute Gasteiger partial charge is 0.354 e. The van der Waals surface area contributed by atoms with Crippen LogP contribution in [0.25, 0.3) is 0 Å². The van der Waals surface area contributed by atoms with E-state index < -0.39 is 0 Å². The zero-order valence-corrected chi connectivity index (χ0v) is 13.2. The van der Waals surface area contributed by atoms with Crippen molar-refractivity contribution in [3.05, 3.63) is 63.3 Å². The highest BCUT2D eigenvalue weighted by Crippen LogP contribution is 2.07. The molecule has 1 aromatic carbocycles. The van der Waals surface area contributed by atoms with Gasteiger partial charge in [0.05, 0.1) is 12.7 Å². The highest BCUT2D eigenvalue weighted by atomic mass is 16.1. The molecule has 1 heterocycles. The first-order valence-corrected chi connectivity index (χ1v) is 7.33. The molecule has 0 aliphatic carbocycles. The maximum Gasteiger partial charge on any atom is 0.256 e. The van der Waals surface area contributed by atoms with E-state index in [1.165, 1.54) is 10.9 Å². The summed E-state index contributed by atoms with van der Waals surface area (Å²) in [4.78, 5) is 28.1. The van der Waals surface area contributed by atoms with Gasteiger partial charge in [-0.05, 0) is 31.9 Å². The Bertz CT molecular complexity index is 735. The number of nitrogens with zero attached hydrogens (tertiary/aromatic N) is 2. The summed E-state index contributed by atoms with van der Waals surface area (Å²) in [5.41, 5.74) is 3.46. The fourth-order valence-corrected chi connectivity index (χ4v) is 2.19. The Balaban J connectivity index is 1.89. The molecule has 0 spiro atoms. The highest BCUT2D eigenvalue weighted by Gasteiger charge is 2.06. The molecule has 0 saturated heterocycles. The van der Waals surface area contributed by atoms with Crippen LogP contribution < -0.4 is 10.9 Å². The van der Waals surface area contributed by atoms with Gasteiger partial charge in [-0.1, -0.05) is 24.3 Å². The smallest absolute Gasteiger partial charge is 0.256 e. The van der Waals surface area contributed by atoms with Crippen molar-refractivity contribution in [2.75, 3.05) is 6.54 Å². The number of aryl methyl sites for hydroxylation is 2. The summed E-state index contributed by atoms with van der Waals surface area (Å²) in [6, 6.07) is 7.82. The fourth-order valence-electron chi connectivity index (χ4n) is 2.19. The molecule has 0 fully saturated rings. The minimum Gasteiger partial charge on any atom is -0.354 e. The van der Waals surface area contributed by atoms with E-state index in [4.69, 9.17) is 0 Å². The number of rotatable bonds is 5. The summed E-state index contributed by atoms with van der Waals surface area (Å²) < 4.78 is 1.52. The molecule has 2 aromatic rings. The summed E-state index contributed by atoms with van der Waals surface area (Å²) in [6.45, 7) is 6.40. The number of benzene rings is 1. The lowest BCUT2D eigenvalue weighted by Gasteiger charge is -2.09.